The maximum absolute atomic E-state index is 13.4. The summed E-state index contributed by atoms with van der Waals surface area (Å²) in [4.78, 5) is 55.8. The second kappa shape index (κ2) is 41.0. The van der Waals surface area contributed by atoms with Crippen LogP contribution in [-0.2, 0) is 38.1 Å². The number of likely N-dealkylation sites (tertiary alicyclic amines) is 2. The number of carbonyl (C=O) groups excluding carboxylic acids is 4. The van der Waals surface area contributed by atoms with Crippen molar-refractivity contribution in [3.8, 4) is 0 Å². The number of hydrogen-bond donors (Lipinski definition) is 0. The number of nitrogens with zero attached hydrogens (tertiary/aromatic N) is 2. The van der Waals surface area contributed by atoms with Crippen molar-refractivity contribution in [2.24, 2.45) is 0 Å². The van der Waals surface area contributed by atoms with Crippen LogP contribution in [0.15, 0.2) is 0 Å². The van der Waals surface area contributed by atoms with E-state index in [9.17, 15) is 19.2 Å². The molecule has 0 radical (unpaired) electrons. The molecule has 0 spiro atoms. The summed E-state index contributed by atoms with van der Waals surface area (Å²) < 4.78 is 23.2. The summed E-state index contributed by atoms with van der Waals surface area (Å²) in [5.41, 5.74) is 0. The van der Waals surface area contributed by atoms with Crippen LogP contribution in [0.4, 0.5) is 0 Å². The molecule has 2 aliphatic rings. The molecule has 0 aliphatic carbocycles. The first kappa shape index (κ1) is 57.9. The zero-order valence-corrected chi connectivity index (χ0v) is 42.0. The summed E-state index contributed by atoms with van der Waals surface area (Å²) in [5, 5.41) is 0. The van der Waals surface area contributed by atoms with Gasteiger partial charge in [-0.1, -0.05) is 162 Å². The average molecular weight is 905 g/mol. The zero-order chi connectivity index (χ0) is 46.1. The van der Waals surface area contributed by atoms with Gasteiger partial charge in [-0.3, -0.25) is 24.1 Å². The van der Waals surface area contributed by atoms with Gasteiger partial charge in [-0.05, 0) is 90.3 Å². The average Bonchev–Trinajstić information content (AvgIpc) is 3.97. The van der Waals surface area contributed by atoms with Gasteiger partial charge in [0.2, 0.25) is 0 Å². The van der Waals surface area contributed by atoms with Crippen molar-refractivity contribution in [2.75, 3.05) is 45.9 Å². The van der Waals surface area contributed by atoms with E-state index in [0.29, 0.717) is 52.0 Å². The fourth-order valence-electron chi connectivity index (χ4n) is 9.35. The predicted octanol–water partition coefficient (Wildman–Crippen LogP) is 13.4. The lowest BCUT2D eigenvalue weighted by molar-refractivity contribution is -0.151. The van der Waals surface area contributed by atoms with E-state index in [1.807, 2.05) is 0 Å². The van der Waals surface area contributed by atoms with Crippen molar-refractivity contribution in [3.05, 3.63) is 0 Å². The molecule has 0 aromatic rings. The number of unbranched alkanes of at least 4 members (excludes halogenated alkanes) is 24. The van der Waals surface area contributed by atoms with Crippen LogP contribution in [0.2, 0.25) is 0 Å². The quantitative estimate of drug-likeness (QED) is 0.0333. The van der Waals surface area contributed by atoms with Crippen LogP contribution in [0.5, 0.6) is 0 Å². The molecule has 10 nitrogen and oxygen atoms in total. The minimum absolute atomic E-state index is 0.0466. The highest BCUT2D eigenvalue weighted by atomic mass is 16.6. The highest BCUT2D eigenvalue weighted by molar-refractivity contribution is 5.76. The Morgan fingerprint density at radius 2 is 0.953 bits per heavy atom. The van der Waals surface area contributed by atoms with Gasteiger partial charge >= 0.3 is 23.9 Å². The first-order valence-corrected chi connectivity index (χ1v) is 27.5. The van der Waals surface area contributed by atoms with Gasteiger partial charge in [0, 0.05) is 32.4 Å². The van der Waals surface area contributed by atoms with Crippen LogP contribution >= 0.6 is 0 Å². The second-order valence-corrected chi connectivity index (χ2v) is 19.4. The van der Waals surface area contributed by atoms with Crippen molar-refractivity contribution >= 4 is 23.9 Å². The third-order valence-corrected chi connectivity index (χ3v) is 13.4. The van der Waals surface area contributed by atoms with Gasteiger partial charge in [-0.2, -0.15) is 0 Å². The van der Waals surface area contributed by atoms with Gasteiger partial charge in [-0.25, -0.2) is 0 Å². The van der Waals surface area contributed by atoms with Crippen molar-refractivity contribution in [3.63, 3.8) is 0 Å². The minimum atomic E-state index is -0.436. The zero-order valence-electron chi connectivity index (χ0n) is 42.0. The number of hydrogen-bond acceptors (Lipinski definition) is 10. The van der Waals surface area contributed by atoms with Crippen molar-refractivity contribution < 1.29 is 38.1 Å². The van der Waals surface area contributed by atoms with Crippen LogP contribution < -0.4 is 0 Å². The lowest BCUT2D eigenvalue weighted by atomic mass is 10.0. The Balaban J connectivity index is 1.67. The molecule has 0 amide bonds. The Kier molecular flexibility index (Phi) is 37.1. The SMILES string of the molecule is CCCCCCCCCCCOC(=O)CCCCCN1CC(OC(=O)CCN2CCCC2)C[C@H]1C(=O)OCCCCCCCC(=O)OC(CCCCCCCC)CCCCCCCC. The van der Waals surface area contributed by atoms with E-state index < -0.39 is 6.04 Å². The number of ether oxygens (including phenoxy) is 4. The van der Waals surface area contributed by atoms with Crippen molar-refractivity contribution in [1.82, 2.24) is 9.80 Å². The Morgan fingerprint density at radius 3 is 1.52 bits per heavy atom. The summed E-state index contributed by atoms with van der Waals surface area (Å²) in [7, 11) is 0. The molecule has 2 saturated heterocycles. The summed E-state index contributed by atoms with van der Waals surface area (Å²) in [6, 6.07) is -0.436. The highest BCUT2D eigenvalue weighted by Gasteiger charge is 2.39. The third kappa shape index (κ3) is 31.7. The molecule has 2 rings (SSSR count). The van der Waals surface area contributed by atoms with Crippen LogP contribution in [0.3, 0.4) is 0 Å². The van der Waals surface area contributed by atoms with Crippen molar-refractivity contribution in [2.45, 2.75) is 277 Å². The monoisotopic (exact) mass is 905 g/mol. The van der Waals surface area contributed by atoms with Gasteiger partial charge in [0.05, 0.1) is 19.6 Å². The lowest BCUT2D eigenvalue weighted by Crippen LogP contribution is -2.38. The molecule has 1 unspecified atom stereocenters. The molecule has 0 bridgehead atoms. The summed E-state index contributed by atoms with van der Waals surface area (Å²) in [5.74, 6) is -0.599. The number of rotatable bonds is 44. The molecule has 2 heterocycles. The molecule has 0 saturated carbocycles. The maximum Gasteiger partial charge on any atom is 0.323 e. The van der Waals surface area contributed by atoms with Crippen LogP contribution in [0.1, 0.15) is 258 Å². The molecule has 2 fully saturated rings. The summed E-state index contributed by atoms with van der Waals surface area (Å²) in [6.45, 7) is 11.7. The van der Waals surface area contributed by atoms with E-state index in [1.54, 1.807) is 0 Å². The van der Waals surface area contributed by atoms with E-state index in [1.165, 1.54) is 122 Å². The van der Waals surface area contributed by atoms with Gasteiger partial charge in [0.1, 0.15) is 18.2 Å². The maximum atomic E-state index is 13.4. The molecule has 2 atom stereocenters. The molecule has 374 valence electrons. The van der Waals surface area contributed by atoms with Gasteiger partial charge in [-0.15, -0.1) is 0 Å². The van der Waals surface area contributed by atoms with E-state index in [4.69, 9.17) is 18.9 Å². The molecule has 0 aromatic carbocycles. The van der Waals surface area contributed by atoms with Crippen molar-refractivity contribution in [1.29, 1.82) is 0 Å². The number of esters is 4. The third-order valence-electron chi connectivity index (χ3n) is 13.4. The minimum Gasteiger partial charge on any atom is -0.466 e. The Labute approximate surface area is 393 Å². The smallest absolute Gasteiger partial charge is 0.323 e. The Morgan fingerprint density at radius 1 is 0.484 bits per heavy atom. The van der Waals surface area contributed by atoms with E-state index in [-0.39, 0.29) is 36.1 Å². The van der Waals surface area contributed by atoms with Gasteiger partial charge < -0.3 is 23.8 Å². The summed E-state index contributed by atoms with van der Waals surface area (Å²) in [6.07, 6.45) is 39.0. The normalized spacial score (nSPS) is 16.8. The molecule has 64 heavy (non-hydrogen) atoms. The van der Waals surface area contributed by atoms with Crippen LogP contribution in [0, 0.1) is 0 Å². The topological polar surface area (TPSA) is 112 Å². The second-order valence-electron chi connectivity index (χ2n) is 19.4. The Hall–Kier alpha value is -2.20. The molecule has 10 heteroatoms. The van der Waals surface area contributed by atoms with Crippen LogP contribution in [-0.4, -0.2) is 97.9 Å². The summed E-state index contributed by atoms with van der Waals surface area (Å²) >= 11 is 0. The standard InChI is InChI=1S/C54H100N2O8/c1-4-7-10-13-16-17-18-23-33-44-61-51(57)37-29-25-30-42-56-47-49(64-53(59)39-43-55-40-31-32-41-55)46-50(56)54(60)62-45-34-24-19-22-28-38-52(58)63-48(35-26-20-14-11-8-5-2)36-27-21-15-12-9-6-3/h48-50H,4-47H2,1-3H3/t49?,50-/m0/s1. The largest absolute Gasteiger partial charge is 0.466 e. The lowest BCUT2D eigenvalue weighted by Gasteiger charge is -2.22. The van der Waals surface area contributed by atoms with E-state index >= 15 is 0 Å². The predicted molar refractivity (Wildman–Crippen MR) is 261 cm³/mol. The fraction of sp³-hybridized carbons (Fsp3) is 0.926. The Bertz CT molecular complexity index is 1130. The first-order valence-electron chi connectivity index (χ1n) is 27.5. The van der Waals surface area contributed by atoms with E-state index in [2.05, 4.69) is 30.6 Å². The molecular weight excluding hydrogens is 805 g/mol. The fourth-order valence-corrected chi connectivity index (χ4v) is 9.35. The van der Waals surface area contributed by atoms with Gasteiger partial charge in [0.25, 0.3) is 0 Å². The van der Waals surface area contributed by atoms with Gasteiger partial charge in [0.15, 0.2) is 0 Å². The highest BCUT2D eigenvalue weighted by Crippen LogP contribution is 2.24. The molecule has 2 aliphatic heterocycles. The molecule has 0 aromatic heterocycles. The first-order chi connectivity index (χ1) is 31.4. The molecular formula is C54H100N2O8. The van der Waals surface area contributed by atoms with E-state index in [0.717, 1.165) is 110 Å². The van der Waals surface area contributed by atoms with Crippen LogP contribution in [0.25, 0.3) is 0 Å². The number of carbonyl (C=O) groups is 4. The molecule has 0 N–H and O–H groups in total.